The summed E-state index contributed by atoms with van der Waals surface area (Å²) < 4.78 is 12.3. The van der Waals surface area contributed by atoms with Gasteiger partial charge in [0.1, 0.15) is 12.4 Å². The monoisotopic (exact) mass is 370 g/mol. The first kappa shape index (κ1) is 17.7. The van der Waals surface area contributed by atoms with Crippen LogP contribution in [0, 0.1) is 0 Å². The maximum absolute atomic E-state index is 5.90. The number of halogens is 1. The number of piperidine rings is 1. The molecule has 2 rings (SSSR count). The summed E-state index contributed by atoms with van der Waals surface area (Å²) >= 11 is 3.57. The number of rotatable bonds is 8. The second-order valence-corrected chi connectivity index (χ2v) is 6.58. The SMILES string of the molecule is CCOCCOc1ccc(Br)cc1CN1CCCC(NC)C1. The van der Waals surface area contributed by atoms with Crippen LogP contribution in [0.4, 0.5) is 0 Å². The van der Waals surface area contributed by atoms with E-state index in [2.05, 4.69) is 39.3 Å². The molecular weight excluding hydrogens is 344 g/mol. The van der Waals surface area contributed by atoms with Gasteiger partial charge in [-0.15, -0.1) is 0 Å². The van der Waals surface area contributed by atoms with E-state index in [9.17, 15) is 0 Å². The van der Waals surface area contributed by atoms with Crippen LogP contribution in [0.3, 0.4) is 0 Å². The lowest BCUT2D eigenvalue weighted by molar-refractivity contribution is 0.109. The molecule has 0 saturated carbocycles. The quantitative estimate of drug-likeness (QED) is 0.713. The Balaban J connectivity index is 1.97. The predicted molar refractivity (Wildman–Crippen MR) is 93.5 cm³/mol. The molecule has 1 heterocycles. The fourth-order valence-corrected chi connectivity index (χ4v) is 3.25. The van der Waals surface area contributed by atoms with Crippen LogP contribution in [0.25, 0.3) is 0 Å². The number of nitrogens with one attached hydrogen (secondary N) is 1. The molecule has 1 aliphatic rings. The number of likely N-dealkylation sites (N-methyl/N-ethyl adjacent to an activating group) is 1. The highest BCUT2D eigenvalue weighted by atomic mass is 79.9. The molecule has 0 radical (unpaired) electrons. The van der Waals surface area contributed by atoms with Crippen LogP contribution in [0.15, 0.2) is 22.7 Å². The van der Waals surface area contributed by atoms with Gasteiger partial charge in [-0.1, -0.05) is 15.9 Å². The Bertz CT molecular complexity index is 456. The van der Waals surface area contributed by atoms with E-state index < -0.39 is 0 Å². The standard InChI is InChI=1S/C17H27BrN2O2/c1-3-21-9-10-22-17-7-6-15(18)11-14(17)12-20-8-4-5-16(13-20)19-2/h6-7,11,16,19H,3-5,8-10,12-13H2,1-2H3. The summed E-state index contributed by atoms with van der Waals surface area (Å²) in [5.41, 5.74) is 1.24. The molecule has 1 aromatic rings. The fourth-order valence-electron chi connectivity index (χ4n) is 2.84. The van der Waals surface area contributed by atoms with E-state index >= 15 is 0 Å². The van der Waals surface area contributed by atoms with E-state index in [1.165, 1.54) is 18.4 Å². The number of likely N-dealkylation sites (tertiary alicyclic amines) is 1. The summed E-state index contributed by atoms with van der Waals surface area (Å²) in [4.78, 5) is 2.50. The van der Waals surface area contributed by atoms with Crippen molar-refractivity contribution in [3.63, 3.8) is 0 Å². The minimum Gasteiger partial charge on any atom is -0.491 e. The van der Waals surface area contributed by atoms with Gasteiger partial charge in [0.15, 0.2) is 0 Å². The molecule has 0 aliphatic carbocycles. The van der Waals surface area contributed by atoms with Gasteiger partial charge in [0, 0.05) is 35.8 Å². The highest BCUT2D eigenvalue weighted by Gasteiger charge is 2.19. The number of ether oxygens (including phenoxy) is 2. The molecule has 1 saturated heterocycles. The van der Waals surface area contributed by atoms with E-state index in [0.29, 0.717) is 19.3 Å². The van der Waals surface area contributed by atoms with E-state index in [0.717, 1.165) is 36.5 Å². The van der Waals surface area contributed by atoms with Crippen LogP contribution in [-0.4, -0.2) is 50.9 Å². The lowest BCUT2D eigenvalue weighted by Gasteiger charge is -2.32. The summed E-state index contributed by atoms with van der Waals surface area (Å²) in [5.74, 6) is 0.967. The lowest BCUT2D eigenvalue weighted by atomic mass is 10.0. The van der Waals surface area contributed by atoms with Crippen LogP contribution >= 0.6 is 15.9 Å². The molecule has 0 spiro atoms. The molecule has 1 fully saturated rings. The minimum absolute atomic E-state index is 0.599. The van der Waals surface area contributed by atoms with Crippen molar-refractivity contribution in [2.75, 3.05) is 40.0 Å². The molecule has 1 atom stereocenters. The number of nitrogens with zero attached hydrogens (tertiary/aromatic N) is 1. The van der Waals surface area contributed by atoms with Gasteiger partial charge in [0.25, 0.3) is 0 Å². The number of hydrogen-bond acceptors (Lipinski definition) is 4. The van der Waals surface area contributed by atoms with E-state index in [4.69, 9.17) is 9.47 Å². The van der Waals surface area contributed by atoms with Gasteiger partial charge in [-0.05, 0) is 51.6 Å². The predicted octanol–water partition coefficient (Wildman–Crippen LogP) is 3.05. The van der Waals surface area contributed by atoms with E-state index in [-0.39, 0.29) is 0 Å². The molecule has 1 unspecified atom stereocenters. The smallest absolute Gasteiger partial charge is 0.123 e. The third kappa shape index (κ3) is 5.54. The summed E-state index contributed by atoms with van der Waals surface area (Å²) in [5, 5.41) is 3.40. The van der Waals surface area contributed by atoms with Crippen molar-refractivity contribution in [3.05, 3.63) is 28.2 Å². The molecule has 124 valence electrons. The second kappa shape index (κ2) is 9.50. The van der Waals surface area contributed by atoms with Crippen LogP contribution in [-0.2, 0) is 11.3 Å². The van der Waals surface area contributed by atoms with Crippen molar-refractivity contribution in [1.82, 2.24) is 10.2 Å². The van der Waals surface area contributed by atoms with Crippen LogP contribution in [0.1, 0.15) is 25.3 Å². The average molecular weight is 371 g/mol. The van der Waals surface area contributed by atoms with Crippen LogP contribution in [0.2, 0.25) is 0 Å². The molecule has 0 bridgehead atoms. The highest BCUT2D eigenvalue weighted by Crippen LogP contribution is 2.26. The Morgan fingerprint density at radius 2 is 2.23 bits per heavy atom. The van der Waals surface area contributed by atoms with Gasteiger partial charge in [-0.2, -0.15) is 0 Å². The van der Waals surface area contributed by atoms with Gasteiger partial charge in [0.2, 0.25) is 0 Å². The Morgan fingerprint density at radius 1 is 1.36 bits per heavy atom. The van der Waals surface area contributed by atoms with Crippen molar-refractivity contribution >= 4 is 15.9 Å². The molecule has 5 heteroatoms. The average Bonchev–Trinajstić information content (AvgIpc) is 2.53. The molecular formula is C17H27BrN2O2. The maximum Gasteiger partial charge on any atom is 0.123 e. The highest BCUT2D eigenvalue weighted by molar-refractivity contribution is 9.10. The zero-order valence-electron chi connectivity index (χ0n) is 13.6. The minimum atomic E-state index is 0.599. The molecule has 1 aliphatic heterocycles. The fraction of sp³-hybridized carbons (Fsp3) is 0.647. The summed E-state index contributed by atoms with van der Waals surface area (Å²) in [6.07, 6.45) is 2.52. The third-order valence-corrected chi connectivity index (χ3v) is 4.51. The number of benzene rings is 1. The second-order valence-electron chi connectivity index (χ2n) is 5.66. The molecule has 1 aromatic carbocycles. The van der Waals surface area contributed by atoms with Crippen LogP contribution < -0.4 is 10.1 Å². The van der Waals surface area contributed by atoms with Gasteiger partial charge < -0.3 is 14.8 Å². The number of hydrogen-bond donors (Lipinski definition) is 1. The first-order valence-corrected chi connectivity index (χ1v) is 8.90. The van der Waals surface area contributed by atoms with Crippen molar-refractivity contribution in [2.45, 2.75) is 32.4 Å². The van der Waals surface area contributed by atoms with Crippen molar-refractivity contribution < 1.29 is 9.47 Å². The largest absolute Gasteiger partial charge is 0.491 e. The summed E-state index contributed by atoms with van der Waals surface area (Å²) in [7, 11) is 2.05. The van der Waals surface area contributed by atoms with E-state index in [1.54, 1.807) is 0 Å². The van der Waals surface area contributed by atoms with Gasteiger partial charge in [-0.3, -0.25) is 4.90 Å². The normalized spacial score (nSPS) is 19.3. The van der Waals surface area contributed by atoms with Gasteiger partial charge in [-0.25, -0.2) is 0 Å². The summed E-state index contributed by atoms with van der Waals surface area (Å²) in [6.45, 7) is 7.15. The third-order valence-electron chi connectivity index (χ3n) is 4.02. The molecule has 0 aromatic heterocycles. The van der Waals surface area contributed by atoms with Crippen molar-refractivity contribution in [3.8, 4) is 5.75 Å². The zero-order valence-corrected chi connectivity index (χ0v) is 15.2. The Labute approximate surface area is 142 Å². The Hall–Kier alpha value is -0.620. The lowest BCUT2D eigenvalue weighted by Crippen LogP contribution is -2.43. The Kier molecular flexibility index (Phi) is 7.66. The summed E-state index contributed by atoms with van der Waals surface area (Å²) in [6, 6.07) is 6.85. The van der Waals surface area contributed by atoms with Crippen molar-refractivity contribution in [1.29, 1.82) is 0 Å². The molecule has 4 nitrogen and oxygen atoms in total. The van der Waals surface area contributed by atoms with Crippen molar-refractivity contribution in [2.24, 2.45) is 0 Å². The van der Waals surface area contributed by atoms with Crippen LogP contribution in [0.5, 0.6) is 5.75 Å². The maximum atomic E-state index is 5.90. The molecule has 0 amide bonds. The molecule has 1 N–H and O–H groups in total. The van der Waals surface area contributed by atoms with E-state index in [1.807, 2.05) is 19.1 Å². The first-order valence-electron chi connectivity index (χ1n) is 8.11. The molecule has 22 heavy (non-hydrogen) atoms. The first-order chi connectivity index (χ1) is 10.7. The Morgan fingerprint density at radius 3 is 3.00 bits per heavy atom. The van der Waals surface area contributed by atoms with Gasteiger partial charge >= 0.3 is 0 Å². The van der Waals surface area contributed by atoms with Gasteiger partial charge in [0.05, 0.1) is 6.61 Å². The topological polar surface area (TPSA) is 33.7 Å². The zero-order chi connectivity index (χ0) is 15.8.